The zero-order chi connectivity index (χ0) is 26.5. The highest BCUT2D eigenvalue weighted by atomic mass is 16.6. The Labute approximate surface area is 222 Å². The van der Waals surface area contributed by atoms with E-state index in [1.165, 1.54) is 4.90 Å². The van der Waals surface area contributed by atoms with Crippen LogP contribution in [0.15, 0.2) is 78.4 Å². The number of hydrogen-bond donors (Lipinski definition) is 1. The van der Waals surface area contributed by atoms with Crippen molar-refractivity contribution in [3.05, 3.63) is 95.1 Å². The zero-order valence-corrected chi connectivity index (χ0v) is 21.4. The van der Waals surface area contributed by atoms with Crippen molar-refractivity contribution in [3.8, 4) is 17.2 Å². The van der Waals surface area contributed by atoms with Gasteiger partial charge in [-0.2, -0.15) is 0 Å². The number of rotatable bonds is 9. The van der Waals surface area contributed by atoms with E-state index in [0.29, 0.717) is 42.4 Å². The molecule has 0 saturated carbocycles. The van der Waals surface area contributed by atoms with E-state index in [0.717, 1.165) is 30.6 Å². The third kappa shape index (κ3) is 5.23. The SMILES string of the molecule is CCCCCOc1ccc([C@H]2/C(=C(\O)c3ccc4c(c3)OCCO4)C(=O)C(=O)N2Cc2ccccc2)cc1. The third-order valence-electron chi connectivity index (χ3n) is 6.76. The molecule has 0 aliphatic carbocycles. The lowest BCUT2D eigenvalue weighted by molar-refractivity contribution is -0.140. The predicted molar refractivity (Wildman–Crippen MR) is 143 cm³/mol. The first-order chi connectivity index (χ1) is 18.6. The number of fused-ring (bicyclic) bond motifs is 1. The van der Waals surface area contributed by atoms with Gasteiger partial charge in [-0.3, -0.25) is 9.59 Å². The van der Waals surface area contributed by atoms with E-state index in [2.05, 4.69) is 6.92 Å². The first-order valence-corrected chi connectivity index (χ1v) is 13.0. The Balaban J connectivity index is 1.53. The second-order valence-corrected chi connectivity index (χ2v) is 9.40. The molecule has 0 spiro atoms. The number of benzene rings is 3. The minimum Gasteiger partial charge on any atom is -0.507 e. The normalized spacial score (nSPS) is 18.0. The highest BCUT2D eigenvalue weighted by Gasteiger charge is 2.46. The number of aliphatic hydroxyl groups is 1. The van der Waals surface area contributed by atoms with Crippen LogP contribution in [0.4, 0.5) is 0 Å². The van der Waals surface area contributed by atoms with Crippen molar-refractivity contribution in [2.75, 3.05) is 19.8 Å². The molecule has 2 aliphatic rings. The van der Waals surface area contributed by atoms with Crippen LogP contribution in [-0.2, 0) is 16.1 Å². The number of nitrogens with zero attached hydrogens (tertiary/aromatic N) is 1. The van der Waals surface area contributed by atoms with Crippen molar-refractivity contribution in [1.82, 2.24) is 4.90 Å². The number of unbranched alkanes of at least 4 members (excludes halogenated alkanes) is 2. The average Bonchev–Trinajstić information content (AvgIpc) is 3.20. The van der Waals surface area contributed by atoms with Gasteiger partial charge in [-0.05, 0) is 47.9 Å². The molecule has 1 fully saturated rings. The number of ketones is 1. The van der Waals surface area contributed by atoms with E-state index in [1.807, 2.05) is 54.6 Å². The molecular weight excluding hydrogens is 482 g/mol. The lowest BCUT2D eigenvalue weighted by Gasteiger charge is -2.26. The van der Waals surface area contributed by atoms with Crippen molar-refractivity contribution >= 4 is 17.4 Å². The number of carbonyl (C=O) groups is 2. The Bertz CT molecular complexity index is 1330. The molecule has 1 N–H and O–H groups in total. The molecule has 38 heavy (non-hydrogen) atoms. The molecule has 2 heterocycles. The molecule has 196 valence electrons. The minimum absolute atomic E-state index is 0.0409. The maximum absolute atomic E-state index is 13.4. The summed E-state index contributed by atoms with van der Waals surface area (Å²) < 4.78 is 17.1. The first kappa shape index (κ1) is 25.4. The summed E-state index contributed by atoms with van der Waals surface area (Å²) in [6, 6.07) is 21.1. The molecule has 5 rings (SSSR count). The summed E-state index contributed by atoms with van der Waals surface area (Å²) in [5, 5.41) is 11.4. The summed E-state index contributed by atoms with van der Waals surface area (Å²) in [6.45, 7) is 3.84. The van der Waals surface area contributed by atoms with Crippen molar-refractivity contribution in [1.29, 1.82) is 0 Å². The van der Waals surface area contributed by atoms with Gasteiger partial charge in [0.25, 0.3) is 11.7 Å². The molecule has 1 saturated heterocycles. The van der Waals surface area contributed by atoms with Gasteiger partial charge in [0.15, 0.2) is 11.5 Å². The quantitative estimate of drug-likeness (QED) is 0.172. The van der Waals surface area contributed by atoms with Crippen LogP contribution in [0.1, 0.15) is 48.9 Å². The van der Waals surface area contributed by atoms with E-state index in [-0.39, 0.29) is 17.9 Å². The van der Waals surface area contributed by atoms with Crippen molar-refractivity contribution in [2.24, 2.45) is 0 Å². The lowest BCUT2D eigenvalue weighted by Crippen LogP contribution is -2.29. The first-order valence-electron chi connectivity index (χ1n) is 13.0. The van der Waals surface area contributed by atoms with Gasteiger partial charge in [0, 0.05) is 12.1 Å². The summed E-state index contributed by atoms with van der Waals surface area (Å²) in [5.41, 5.74) is 2.02. The smallest absolute Gasteiger partial charge is 0.295 e. The molecule has 0 radical (unpaired) electrons. The van der Waals surface area contributed by atoms with E-state index >= 15 is 0 Å². The maximum atomic E-state index is 13.4. The summed E-state index contributed by atoms with van der Waals surface area (Å²) in [5.74, 6) is 0.150. The molecule has 1 amide bonds. The van der Waals surface area contributed by atoms with E-state index < -0.39 is 17.7 Å². The largest absolute Gasteiger partial charge is 0.507 e. The molecule has 0 aromatic heterocycles. The van der Waals surface area contributed by atoms with Gasteiger partial charge in [-0.25, -0.2) is 0 Å². The zero-order valence-electron chi connectivity index (χ0n) is 21.4. The highest BCUT2D eigenvalue weighted by molar-refractivity contribution is 6.46. The molecule has 7 nitrogen and oxygen atoms in total. The van der Waals surface area contributed by atoms with Crippen molar-refractivity contribution in [3.63, 3.8) is 0 Å². The van der Waals surface area contributed by atoms with Gasteiger partial charge in [0.2, 0.25) is 0 Å². The fourth-order valence-electron chi connectivity index (χ4n) is 4.80. The van der Waals surface area contributed by atoms with Crippen LogP contribution in [0.3, 0.4) is 0 Å². The van der Waals surface area contributed by atoms with Crippen LogP contribution in [0.25, 0.3) is 5.76 Å². The highest BCUT2D eigenvalue weighted by Crippen LogP contribution is 2.42. The standard InChI is InChI=1S/C31H31NO6/c1-2-3-7-16-36-24-13-10-22(11-14-24)28-27(29(33)23-12-15-25-26(19-23)38-18-17-37-25)30(34)31(35)32(28)20-21-8-5-4-6-9-21/h4-6,8-15,19,28,33H,2-3,7,16-18,20H2,1H3/b29-27+/t28-/m0/s1. The van der Waals surface area contributed by atoms with Crippen LogP contribution >= 0.6 is 0 Å². The molecular formula is C31H31NO6. The predicted octanol–water partition coefficient (Wildman–Crippen LogP) is 5.65. The van der Waals surface area contributed by atoms with Gasteiger partial charge < -0.3 is 24.2 Å². The number of likely N-dealkylation sites (tertiary alicyclic amines) is 1. The average molecular weight is 514 g/mol. The van der Waals surface area contributed by atoms with Gasteiger partial charge in [0.05, 0.1) is 18.2 Å². The minimum atomic E-state index is -0.766. The topological polar surface area (TPSA) is 85.3 Å². The maximum Gasteiger partial charge on any atom is 0.295 e. The molecule has 1 atom stereocenters. The molecule has 3 aromatic rings. The Morgan fingerprint density at radius 3 is 2.42 bits per heavy atom. The van der Waals surface area contributed by atoms with Crippen LogP contribution in [0.5, 0.6) is 17.2 Å². The Morgan fingerprint density at radius 1 is 0.947 bits per heavy atom. The van der Waals surface area contributed by atoms with Crippen LogP contribution < -0.4 is 14.2 Å². The summed E-state index contributed by atoms with van der Waals surface area (Å²) in [7, 11) is 0. The molecule has 2 aliphatic heterocycles. The number of ether oxygens (including phenoxy) is 3. The Morgan fingerprint density at radius 2 is 1.68 bits per heavy atom. The van der Waals surface area contributed by atoms with Gasteiger partial charge >= 0.3 is 0 Å². The Kier molecular flexibility index (Phi) is 7.63. The summed E-state index contributed by atoms with van der Waals surface area (Å²) in [4.78, 5) is 28.2. The molecule has 0 unspecified atom stereocenters. The van der Waals surface area contributed by atoms with Gasteiger partial charge in [-0.1, -0.05) is 62.2 Å². The lowest BCUT2D eigenvalue weighted by atomic mass is 9.95. The number of amides is 1. The number of aliphatic hydroxyl groups excluding tert-OH is 1. The Hall–Kier alpha value is -4.26. The number of hydrogen-bond acceptors (Lipinski definition) is 6. The third-order valence-corrected chi connectivity index (χ3v) is 6.76. The monoisotopic (exact) mass is 513 g/mol. The van der Waals surface area contributed by atoms with Gasteiger partial charge in [-0.15, -0.1) is 0 Å². The van der Waals surface area contributed by atoms with Crippen molar-refractivity contribution < 1.29 is 28.9 Å². The van der Waals surface area contributed by atoms with Crippen LogP contribution in [0.2, 0.25) is 0 Å². The van der Waals surface area contributed by atoms with Gasteiger partial charge in [0.1, 0.15) is 24.7 Å². The second-order valence-electron chi connectivity index (χ2n) is 9.40. The number of Topliss-reactive ketones (excluding diaryl/α,β-unsaturated/α-hetero) is 1. The second kappa shape index (κ2) is 11.4. The summed E-state index contributed by atoms with van der Waals surface area (Å²) >= 11 is 0. The fourth-order valence-corrected chi connectivity index (χ4v) is 4.80. The van der Waals surface area contributed by atoms with E-state index in [1.54, 1.807) is 18.2 Å². The number of carbonyl (C=O) groups excluding carboxylic acids is 2. The molecule has 3 aromatic carbocycles. The van der Waals surface area contributed by atoms with Crippen LogP contribution in [-0.4, -0.2) is 41.5 Å². The fraction of sp³-hybridized carbons (Fsp3) is 0.290. The molecule has 7 heteroatoms. The van der Waals surface area contributed by atoms with Crippen molar-refractivity contribution in [2.45, 2.75) is 38.8 Å². The van der Waals surface area contributed by atoms with E-state index in [4.69, 9.17) is 14.2 Å². The van der Waals surface area contributed by atoms with E-state index in [9.17, 15) is 14.7 Å². The molecule has 0 bridgehead atoms. The summed E-state index contributed by atoms with van der Waals surface area (Å²) in [6.07, 6.45) is 3.20. The van der Waals surface area contributed by atoms with Crippen LogP contribution in [0, 0.1) is 0 Å².